The number of benzene rings is 3. The summed E-state index contributed by atoms with van der Waals surface area (Å²) in [6.45, 7) is 0. The van der Waals surface area contributed by atoms with Crippen LogP contribution in [0, 0.1) is 0 Å². The highest BCUT2D eigenvalue weighted by molar-refractivity contribution is 7.92. The van der Waals surface area contributed by atoms with Gasteiger partial charge in [0.1, 0.15) is 0 Å². The number of rotatable bonds is 5. The summed E-state index contributed by atoms with van der Waals surface area (Å²) in [5.74, 6) is -0.379. The van der Waals surface area contributed by atoms with Gasteiger partial charge in [0, 0.05) is 24.7 Å². The monoisotopic (exact) mass is 486 g/mol. The van der Waals surface area contributed by atoms with Gasteiger partial charge in [-0.2, -0.15) is 13.2 Å². The van der Waals surface area contributed by atoms with Gasteiger partial charge in [0.15, 0.2) is 0 Å². The van der Waals surface area contributed by atoms with Gasteiger partial charge in [0.25, 0.3) is 5.91 Å². The zero-order valence-corrected chi connectivity index (χ0v) is 19.2. The average molecular weight is 487 g/mol. The molecule has 3 aromatic carbocycles. The molecule has 1 amide bonds. The number of hydrogen-bond acceptors (Lipinski definition) is 3. The highest BCUT2D eigenvalue weighted by Gasteiger charge is 2.33. The number of alkyl halides is 3. The van der Waals surface area contributed by atoms with E-state index in [4.69, 9.17) is 0 Å². The van der Waals surface area contributed by atoms with E-state index in [1.807, 2.05) is 0 Å². The fraction of sp³-hybridized carbons (Fsp3) is 0.160. The normalized spacial score (nSPS) is 13.3. The van der Waals surface area contributed by atoms with Crippen LogP contribution >= 0.6 is 0 Å². The van der Waals surface area contributed by atoms with Crippen LogP contribution in [0.2, 0.25) is 0 Å². The number of hydrogen-bond donors (Lipinski definition) is 1. The Labute approximate surface area is 195 Å². The minimum Gasteiger partial charge on any atom is -0.322 e. The van der Waals surface area contributed by atoms with Crippen LogP contribution in [0.5, 0.6) is 0 Å². The van der Waals surface area contributed by atoms with Crippen LogP contribution in [0.3, 0.4) is 0 Å². The number of fused-ring (bicyclic) bond motifs is 1. The topological polar surface area (TPSA) is 66.5 Å². The second kappa shape index (κ2) is 8.64. The van der Waals surface area contributed by atoms with Crippen molar-refractivity contribution in [2.75, 3.05) is 22.9 Å². The van der Waals surface area contributed by atoms with Crippen molar-refractivity contribution in [1.29, 1.82) is 0 Å². The summed E-state index contributed by atoms with van der Waals surface area (Å²) < 4.78 is 65.0. The summed E-state index contributed by atoms with van der Waals surface area (Å²) in [7, 11) is -1.96. The molecule has 1 N–H and O–H groups in total. The van der Waals surface area contributed by atoms with Crippen LogP contribution in [0.15, 0.2) is 72.3 Å². The van der Waals surface area contributed by atoms with Crippen LogP contribution in [-0.4, -0.2) is 27.6 Å². The SMILES string of the molecule is CN(c1ccc2c(c1)CC(C(=O)Nc1cccc(-c3ccccc3C(F)(F)F)c1)=C2)S(C)(=O)=O. The van der Waals surface area contributed by atoms with Crippen molar-refractivity contribution >= 4 is 33.4 Å². The van der Waals surface area contributed by atoms with Gasteiger partial charge in [-0.25, -0.2) is 8.42 Å². The maximum absolute atomic E-state index is 13.4. The Balaban J connectivity index is 1.53. The van der Waals surface area contributed by atoms with Crippen molar-refractivity contribution in [3.8, 4) is 11.1 Å². The smallest absolute Gasteiger partial charge is 0.322 e. The average Bonchev–Trinajstić information content (AvgIpc) is 3.21. The highest BCUT2D eigenvalue weighted by atomic mass is 32.2. The maximum Gasteiger partial charge on any atom is 0.417 e. The lowest BCUT2D eigenvalue weighted by atomic mass is 9.99. The first-order valence-corrected chi connectivity index (χ1v) is 12.1. The van der Waals surface area contributed by atoms with Gasteiger partial charge in [-0.05, 0) is 58.7 Å². The molecule has 0 unspecified atom stereocenters. The van der Waals surface area contributed by atoms with Crippen LogP contribution in [-0.2, 0) is 27.4 Å². The minimum absolute atomic E-state index is 0.0288. The minimum atomic E-state index is -4.50. The van der Waals surface area contributed by atoms with Gasteiger partial charge in [0.2, 0.25) is 10.0 Å². The molecule has 0 atom stereocenters. The Kier molecular flexibility index (Phi) is 5.99. The number of carbonyl (C=O) groups is 1. The Hall–Kier alpha value is -3.59. The van der Waals surface area contributed by atoms with Crippen molar-refractivity contribution in [1.82, 2.24) is 0 Å². The standard InChI is InChI=1S/C25H21F3N2O3S/c1-30(34(2,32)33)21-11-10-16-12-19(13-18(16)15-21)24(31)29-20-7-5-6-17(14-20)22-8-3-4-9-23(22)25(26,27)28/h3-12,14-15H,13H2,1-2H3,(H,29,31). The Morgan fingerprint density at radius 3 is 2.44 bits per heavy atom. The van der Waals surface area contributed by atoms with Crippen LogP contribution in [0.1, 0.15) is 16.7 Å². The van der Waals surface area contributed by atoms with E-state index >= 15 is 0 Å². The first-order valence-electron chi connectivity index (χ1n) is 10.3. The Morgan fingerprint density at radius 2 is 1.74 bits per heavy atom. The Morgan fingerprint density at radius 1 is 1.00 bits per heavy atom. The first-order chi connectivity index (χ1) is 15.9. The predicted octanol–water partition coefficient (Wildman–Crippen LogP) is 5.35. The zero-order valence-electron chi connectivity index (χ0n) is 18.3. The molecule has 9 heteroatoms. The highest BCUT2D eigenvalue weighted by Crippen LogP contribution is 2.37. The number of nitrogens with one attached hydrogen (secondary N) is 1. The Bertz CT molecular complexity index is 1410. The second-order valence-corrected chi connectivity index (χ2v) is 10.1. The molecule has 34 heavy (non-hydrogen) atoms. The number of nitrogens with zero attached hydrogens (tertiary/aromatic N) is 1. The third-order valence-corrected chi connectivity index (χ3v) is 6.86. The van der Waals surface area contributed by atoms with Crippen LogP contribution in [0.25, 0.3) is 17.2 Å². The molecule has 176 valence electrons. The number of halogens is 3. The van der Waals surface area contributed by atoms with Crippen molar-refractivity contribution in [2.24, 2.45) is 0 Å². The summed E-state index contributed by atoms with van der Waals surface area (Å²) in [6.07, 6.45) is -1.36. The van der Waals surface area contributed by atoms with Gasteiger partial charge in [0.05, 0.1) is 17.5 Å². The lowest BCUT2D eigenvalue weighted by molar-refractivity contribution is -0.137. The van der Waals surface area contributed by atoms with Crippen molar-refractivity contribution in [3.63, 3.8) is 0 Å². The van der Waals surface area contributed by atoms with E-state index in [0.717, 1.165) is 27.8 Å². The fourth-order valence-electron chi connectivity index (χ4n) is 3.82. The molecule has 4 rings (SSSR count). The third kappa shape index (κ3) is 4.84. The fourth-order valence-corrected chi connectivity index (χ4v) is 4.32. The molecule has 0 bridgehead atoms. The van der Waals surface area contributed by atoms with Crippen molar-refractivity contribution in [3.05, 3.63) is 89.0 Å². The predicted molar refractivity (Wildman–Crippen MR) is 127 cm³/mol. The van der Waals surface area contributed by atoms with Crippen LogP contribution in [0.4, 0.5) is 24.5 Å². The number of amides is 1. The molecule has 0 spiro atoms. The van der Waals surface area contributed by atoms with E-state index in [1.54, 1.807) is 42.5 Å². The molecular formula is C25H21F3N2O3S. The molecular weight excluding hydrogens is 465 g/mol. The molecule has 0 aliphatic heterocycles. The van der Waals surface area contributed by atoms with Crippen molar-refractivity contribution in [2.45, 2.75) is 12.6 Å². The van der Waals surface area contributed by atoms with E-state index in [9.17, 15) is 26.4 Å². The summed E-state index contributed by atoms with van der Waals surface area (Å²) in [5.41, 5.74) is 2.57. The van der Waals surface area contributed by atoms with E-state index in [1.165, 1.54) is 31.3 Å². The second-order valence-electron chi connectivity index (χ2n) is 8.04. The molecule has 1 aliphatic carbocycles. The van der Waals surface area contributed by atoms with E-state index in [2.05, 4.69) is 5.32 Å². The summed E-state index contributed by atoms with van der Waals surface area (Å²) >= 11 is 0. The molecule has 5 nitrogen and oxygen atoms in total. The zero-order chi connectivity index (χ0) is 24.7. The third-order valence-electron chi connectivity index (χ3n) is 5.65. The molecule has 0 radical (unpaired) electrons. The summed E-state index contributed by atoms with van der Waals surface area (Å²) in [6, 6.07) is 16.7. The number of anilines is 2. The van der Waals surface area contributed by atoms with Crippen LogP contribution < -0.4 is 9.62 Å². The summed E-state index contributed by atoms with van der Waals surface area (Å²) in [5, 5.41) is 2.75. The molecule has 0 heterocycles. The van der Waals surface area contributed by atoms with Gasteiger partial charge in [-0.3, -0.25) is 9.10 Å². The largest absolute Gasteiger partial charge is 0.417 e. The van der Waals surface area contributed by atoms with Crippen molar-refractivity contribution < 1.29 is 26.4 Å². The van der Waals surface area contributed by atoms with Gasteiger partial charge < -0.3 is 5.32 Å². The molecule has 1 aliphatic rings. The van der Waals surface area contributed by atoms with Gasteiger partial charge in [-0.1, -0.05) is 36.4 Å². The molecule has 0 saturated carbocycles. The van der Waals surface area contributed by atoms with E-state index < -0.39 is 21.8 Å². The van der Waals surface area contributed by atoms with Gasteiger partial charge in [-0.15, -0.1) is 0 Å². The number of sulfonamides is 1. The molecule has 0 fully saturated rings. The molecule has 0 saturated heterocycles. The molecule has 0 aromatic heterocycles. The molecule has 3 aromatic rings. The maximum atomic E-state index is 13.4. The summed E-state index contributed by atoms with van der Waals surface area (Å²) in [4.78, 5) is 12.9. The van der Waals surface area contributed by atoms with E-state index in [0.29, 0.717) is 28.9 Å². The lowest BCUT2D eigenvalue weighted by Crippen LogP contribution is -2.24. The number of carbonyl (C=O) groups excluding carboxylic acids is 1. The van der Waals surface area contributed by atoms with Gasteiger partial charge >= 0.3 is 6.18 Å². The lowest BCUT2D eigenvalue weighted by Gasteiger charge is -2.17. The van der Waals surface area contributed by atoms with E-state index in [-0.39, 0.29) is 11.5 Å². The quantitative estimate of drug-likeness (QED) is 0.529. The first kappa shape index (κ1) is 23.6.